The van der Waals surface area contributed by atoms with E-state index in [4.69, 9.17) is 0 Å². The Morgan fingerprint density at radius 2 is 2.11 bits per heavy atom. The van der Waals surface area contributed by atoms with E-state index in [1.54, 1.807) is 14.0 Å². The largest absolute Gasteiger partial charge is 0.417 e. The van der Waals surface area contributed by atoms with Crippen LogP contribution in [0.3, 0.4) is 0 Å². The Morgan fingerprint density at radius 1 is 1.47 bits per heavy atom. The van der Waals surface area contributed by atoms with Gasteiger partial charge in [-0.3, -0.25) is 4.79 Å². The molecule has 0 bridgehead atoms. The second kappa shape index (κ2) is 4.63. The number of pyridine rings is 1. The third-order valence-electron chi connectivity index (χ3n) is 2.77. The Bertz CT molecular complexity index is 646. The van der Waals surface area contributed by atoms with Crippen molar-refractivity contribution in [2.75, 3.05) is 0 Å². The first kappa shape index (κ1) is 14.0. The predicted molar refractivity (Wildman–Crippen MR) is 68.4 cm³/mol. The van der Waals surface area contributed by atoms with E-state index in [2.05, 4.69) is 20.9 Å². The van der Waals surface area contributed by atoms with Gasteiger partial charge in [-0.1, -0.05) is 15.9 Å². The van der Waals surface area contributed by atoms with Crippen molar-refractivity contribution >= 4 is 32.7 Å². The lowest BCUT2D eigenvalue weighted by atomic mass is 10.1. The second-order valence-electron chi connectivity index (χ2n) is 4.23. The first-order chi connectivity index (χ1) is 8.71. The number of aromatic nitrogens is 2. The highest BCUT2D eigenvalue weighted by atomic mass is 79.9. The predicted octanol–water partition coefficient (Wildman–Crippen LogP) is 3.56. The number of Topliss-reactive ketones (excluding diaryl/α,β-unsaturated/α-hetero) is 1. The van der Waals surface area contributed by atoms with Crippen molar-refractivity contribution < 1.29 is 18.0 Å². The van der Waals surface area contributed by atoms with Gasteiger partial charge in [0.1, 0.15) is 5.65 Å². The molecule has 0 aromatic carbocycles. The maximum Gasteiger partial charge on any atom is 0.417 e. The van der Waals surface area contributed by atoms with E-state index in [-0.39, 0.29) is 16.7 Å². The number of carbonyl (C=O) groups excluding carboxylic acids is 1. The fourth-order valence-corrected chi connectivity index (χ4v) is 2.07. The zero-order valence-corrected chi connectivity index (χ0v) is 11.7. The minimum Gasteiger partial charge on any atom is -0.335 e. The van der Waals surface area contributed by atoms with Gasteiger partial charge in [-0.15, -0.1) is 0 Å². The van der Waals surface area contributed by atoms with Crippen molar-refractivity contribution in [1.82, 2.24) is 9.55 Å². The molecular formula is C12H10BrF3N2O. The number of fused-ring (bicyclic) bond motifs is 1. The van der Waals surface area contributed by atoms with Gasteiger partial charge < -0.3 is 4.57 Å². The van der Waals surface area contributed by atoms with Crippen LogP contribution in [-0.4, -0.2) is 20.2 Å². The van der Waals surface area contributed by atoms with Gasteiger partial charge in [-0.25, -0.2) is 4.98 Å². The average molecular weight is 335 g/mol. The molecule has 7 heteroatoms. The van der Waals surface area contributed by atoms with E-state index >= 15 is 0 Å². The number of rotatable bonds is 2. The molecule has 0 radical (unpaired) electrons. The Hall–Kier alpha value is -1.37. The third-order valence-corrected chi connectivity index (χ3v) is 3.18. The molecule has 0 aliphatic heterocycles. The van der Waals surface area contributed by atoms with Crippen LogP contribution in [0.4, 0.5) is 13.2 Å². The summed E-state index contributed by atoms with van der Waals surface area (Å²) in [5, 5.41) is 0.216. The highest BCUT2D eigenvalue weighted by Crippen LogP contribution is 2.32. The highest BCUT2D eigenvalue weighted by molar-refractivity contribution is 9.10. The molecule has 0 amide bonds. The average Bonchev–Trinajstić information content (AvgIpc) is 2.64. The lowest BCUT2D eigenvalue weighted by Crippen LogP contribution is -2.10. The summed E-state index contributed by atoms with van der Waals surface area (Å²) in [7, 11) is 1.64. The second-order valence-corrected chi connectivity index (χ2v) is 5.60. The van der Waals surface area contributed by atoms with Crippen LogP contribution in [0.15, 0.2) is 18.5 Å². The van der Waals surface area contributed by atoms with Crippen molar-refractivity contribution in [1.29, 1.82) is 0 Å². The normalized spacial score (nSPS) is 13.8. The topological polar surface area (TPSA) is 34.9 Å². The van der Waals surface area contributed by atoms with E-state index < -0.39 is 16.6 Å². The number of aryl methyl sites for hydroxylation is 1. The molecule has 0 N–H and O–H groups in total. The Balaban J connectivity index is 2.69. The minimum absolute atomic E-state index is 0.216. The van der Waals surface area contributed by atoms with Crippen LogP contribution in [0.5, 0.6) is 0 Å². The Morgan fingerprint density at radius 3 is 2.63 bits per heavy atom. The molecule has 2 aromatic heterocycles. The maximum atomic E-state index is 12.7. The van der Waals surface area contributed by atoms with Crippen molar-refractivity contribution in [3.05, 3.63) is 29.6 Å². The molecule has 3 nitrogen and oxygen atoms in total. The fraction of sp³-hybridized carbons (Fsp3) is 0.333. The first-order valence-electron chi connectivity index (χ1n) is 5.42. The van der Waals surface area contributed by atoms with Gasteiger partial charge >= 0.3 is 6.18 Å². The summed E-state index contributed by atoms with van der Waals surface area (Å²) in [5.41, 5.74) is -0.271. The van der Waals surface area contributed by atoms with Crippen LogP contribution in [0, 0.1) is 0 Å². The summed E-state index contributed by atoms with van der Waals surface area (Å²) in [4.78, 5) is 15.3. The Labute approximate surface area is 115 Å². The lowest BCUT2D eigenvalue weighted by molar-refractivity contribution is -0.137. The molecule has 2 aromatic rings. The Kier molecular flexibility index (Phi) is 3.42. The number of halogens is 4. The van der Waals surface area contributed by atoms with Crippen molar-refractivity contribution in [3.8, 4) is 0 Å². The van der Waals surface area contributed by atoms with Gasteiger partial charge in [0.2, 0.25) is 0 Å². The molecule has 0 aliphatic carbocycles. The van der Waals surface area contributed by atoms with Gasteiger partial charge in [-0.05, 0) is 13.0 Å². The van der Waals surface area contributed by atoms with E-state index in [0.29, 0.717) is 5.65 Å². The monoisotopic (exact) mass is 334 g/mol. The summed E-state index contributed by atoms with van der Waals surface area (Å²) >= 11 is 3.13. The number of nitrogens with zero attached hydrogens (tertiary/aromatic N) is 2. The standard InChI is InChI=1S/C12H10BrF3N2O/c1-6(13)10(19)9-5-18(2)11-8(9)3-7(4-17-11)12(14,15)16/h3-6H,1-2H3. The van der Waals surface area contributed by atoms with Crippen LogP contribution >= 0.6 is 15.9 Å². The van der Waals surface area contributed by atoms with Gasteiger partial charge in [0.15, 0.2) is 5.78 Å². The smallest absolute Gasteiger partial charge is 0.335 e. The van der Waals surface area contributed by atoms with Crippen molar-refractivity contribution in [3.63, 3.8) is 0 Å². The highest BCUT2D eigenvalue weighted by Gasteiger charge is 2.32. The van der Waals surface area contributed by atoms with Crippen LogP contribution in [-0.2, 0) is 13.2 Å². The molecule has 0 saturated heterocycles. The summed E-state index contributed by atoms with van der Waals surface area (Å²) < 4.78 is 39.6. The molecule has 2 rings (SSSR count). The fourth-order valence-electron chi connectivity index (χ4n) is 1.83. The van der Waals surface area contributed by atoms with Crippen molar-refractivity contribution in [2.45, 2.75) is 17.9 Å². The molecule has 2 heterocycles. The molecule has 0 fully saturated rings. The third kappa shape index (κ3) is 2.51. The molecular weight excluding hydrogens is 325 g/mol. The first-order valence-corrected chi connectivity index (χ1v) is 6.34. The van der Waals surface area contributed by atoms with E-state index in [1.807, 2.05) is 0 Å². The summed E-state index contributed by atoms with van der Waals surface area (Å²) in [6.45, 7) is 1.63. The number of hydrogen-bond donors (Lipinski definition) is 0. The maximum absolute atomic E-state index is 12.7. The van der Waals surface area contributed by atoms with Crippen LogP contribution in [0.25, 0.3) is 11.0 Å². The van der Waals surface area contributed by atoms with Crippen LogP contribution in [0.1, 0.15) is 22.8 Å². The summed E-state index contributed by atoms with van der Waals surface area (Å²) in [6, 6.07) is 0.963. The molecule has 0 aliphatic rings. The molecule has 0 saturated carbocycles. The zero-order valence-electron chi connectivity index (χ0n) is 10.1. The molecule has 102 valence electrons. The quantitative estimate of drug-likeness (QED) is 0.621. The van der Waals surface area contributed by atoms with Crippen LogP contribution in [0.2, 0.25) is 0 Å². The molecule has 1 unspecified atom stereocenters. The summed E-state index contributed by atoms with van der Waals surface area (Å²) in [6.07, 6.45) is -2.20. The molecule has 19 heavy (non-hydrogen) atoms. The number of ketones is 1. The van der Waals surface area contributed by atoms with Crippen LogP contribution < -0.4 is 0 Å². The lowest BCUT2D eigenvalue weighted by Gasteiger charge is -2.06. The number of hydrogen-bond acceptors (Lipinski definition) is 2. The SMILES string of the molecule is CC(Br)C(=O)c1cn(C)c2ncc(C(F)(F)F)cc12. The molecule has 1 atom stereocenters. The van der Waals surface area contributed by atoms with E-state index in [9.17, 15) is 18.0 Å². The van der Waals surface area contributed by atoms with E-state index in [1.165, 1.54) is 10.8 Å². The van der Waals surface area contributed by atoms with E-state index in [0.717, 1.165) is 12.3 Å². The number of alkyl halides is 4. The zero-order chi connectivity index (χ0) is 14.4. The van der Waals surface area contributed by atoms with Gasteiger partial charge in [-0.2, -0.15) is 13.2 Å². The van der Waals surface area contributed by atoms with Gasteiger partial charge in [0.25, 0.3) is 0 Å². The van der Waals surface area contributed by atoms with Gasteiger partial charge in [0, 0.05) is 30.4 Å². The summed E-state index contributed by atoms with van der Waals surface area (Å²) in [5.74, 6) is -0.272. The van der Waals surface area contributed by atoms with Gasteiger partial charge in [0.05, 0.1) is 10.4 Å². The minimum atomic E-state index is -4.47. The van der Waals surface area contributed by atoms with Crippen molar-refractivity contribution in [2.24, 2.45) is 7.05 Å². The number of carbonyl (C=O) groups is 1. The molecule has 0 spiro atoms.